The summed E-state index contributed by atoms with van der Waals surface area (Å²) in [6.07, 6.45) is 1.35. The first-order valence-corrected chi connectivity index (χ1v) is 7.42. The third-order valence-electron chi connectivity index (χ3n) is 3.11. The number of hydrogen-bond donors (Lipinski definition) is 2. The first-order valence-electron chi connectivity index (χ1n) is 7.04. The summed E-state index contributed by atoms with van der Waals surface area (Å²) in [5.41, 5.74) is -0.809. The summed E-state index contributed by atoms with van der Waals surface area (Å²) < 4.78 is 40.0. The number of Topliss-reactive ketones (excluding diaryl/α,β-unsaturated/α-hetero) is 1. The number of urea groups is 1. The lowest BCUT2D eigenvalue weighted by Gasteiger charge is -2.14. The standard InChI is InChI=1S/C16H13ClF3N3O2/c1-16(19,20)11-7-10(2-3-12(11)18)23-15(25)22-8-14(24)13-6-9(17)4-5-21-13/h2-7H,8H2,1H3,(H2,22,23,25). The highest BCUT2D eigenvalue weighted by Crippen LogP contribution is 2.31. The van der Waals surface area contributed by atoms with Gasteiger partial charge in [0.1, 0.15) is 11.5 Å². The number of rotatable bonds is 5. The first kappa shape index (κ1) is 18.7. The summed E-state index contributed by atoms with van der Waals surface area (Å²) in [4.78, 5) is 27.4. The molecule has 25 heavy (non-hydrogen) atoms. The quantitative estimate of drug-likeness (QED) is 0.781. The average Bonchev–Trinajstić information content (AvgIpc) is 2.53. The summed E-state index contributed by atoms with van der Waals surface area (Å²) in [6.45, 7) is 0.170. The van der Waals surface area contributed by atoms with Crippen molar-refractivity contribution in [1.82, 2.24) is 10.3 Å². The van der Waals surface area contributed by atoms with Gasteiger partial charge < -0.3 is 10.6 Å². The minimum Gasteiger partial charge on any atom is -0.330 e. The van der Waals surface area contributed by atoms with Crippen LogP contribution in [0.1, 0.15) is 23.0 Å². The number of hydrogen-bond acceptors (Lipinski definition) is 3. The van der Waals surface area contributed by atoms with E-state index < -0.39 is 29.1 Å². The topological polar surface area (TPSA) is 71.1 Å². The normalized spacial score (nSPS) is 11.1. The van der Waals surface area contributed by atoms with Gasteiger partial charge in [0.2, 0.25) is 0 Å². The number of carbonyl (C=O) groups excluding carboxylic acids is 2. The minimum atomic E-state index is -3.40. The third kappa shape index (κ3) is 5.18. The number of benzene rings is 1. The van der Waals surface area contributed by atoms with E-state index in [4.69, 9.17) is 11.6 Å². The number of nitrogens with zero attached hydrogens (tertiary/aromatic N) is 1. The number of carbonyl (C=O) groups is 2. The molecule has 2 rings (SSSR count). The molecule has 1 aromatic carbocycles. The summed E-state index contributed by atoms with van der Waals surface area (Å²) in [5, 5.41) is 4.83. The number of alkyl halides is 2. The summed E-state index contributed by atoms with van der Waals surface area (Å²) >= 11 is 5.74. The molecular formula is C16H13ClF3N3O2. The molecule has 0 aliphatic heterocycles. The molecule has 0 bridgehead atoms. The van der Waals surface area contributed by atoms with Crippen molar-refractivity contribution in [3.63, 3.8) is 0 Å². The molecular weight excluding hydrogens is 359 g/mol. The molecule has 1 aromatic heterocycles. The van der Waals surface area contributed by atoms with Crippen LogP contribution in [-0.2, 0) is 5.92 Å². The fourth-order valence-electron chi connectivity index (χ4n) is 1.92. The van der Waals surface area contributed by atoms with Crippen molar-refractivity contribution in [2.45, 2.75) is 12.8 Å². The van der Waals surface area contributed by atoms with E-state index in [1.54, 1.807) is 0 Å². The Morgan fingerprint density at radius 3 is 2.60 bits per heavy atom. The van der Waals surface area contributed by atoms with Crippen molar-refractivity contribution in [3.05, 3.63) is 58.6 Å². The van der Waals surface area contributed by atoms with Gasteiger partial charge in [0.05, 0.1) is 12.1 Å². The highest BCUT2D eigenvalue weighted by molar-refractivity contribution is 6.30. The zero-order valence-corrected chi connectivity index (χ0v) is 13.7. The first-order chi connectivity index (χ1) is 11.7. The van der Waals surface area contributed by atoms with Crippen LogP contribution in [0.3, 0.4) is 0 Å². The Morgan fingerprint density at radius 1 is 1.24 bits per heavy atom. The fourth-order valence-corrected chi connectivity index (χ4v) is 2.08. The highest BCUT2D eigenvalue weighted by Gasteiger charge is 2.28. The van der Waals surface area contributed by atoms with Crippen molar-refractivity contribution in [2.75, 3.05) is 11.9 Å². The smallest absolute Gasteiger partial charge is 0.319 e. The molecule has 2 N–H and O–H groups in total. The second-order valence-corrected chi connectivity index (χ2v) is 5.61. The van der Waals surface area contributed by atoms with Crippen LogP contribution >= 0.6 is 11.6 Å². The Bertz CT molecular complexity index is 809. The van der Waals surface area contributed by atoms with Crippen molar-refractivity contribution in [3.8, 4) is 0 Å². The van der Waals surface area contributed by atoms with Crippen LogP contribution in [0.2, 0.25) is 5.02 Å². The maximum atomic E-state index is 13.4. The van der Waals surface area contributed by atoms with E-state index in [9.17, 15) is 22.8 Å². The van der Waals surface area contributed by atoms with Gasteiger partial charge >= 0.3 is 6.03 Å². The van der Waals surface area contributed by atoms with Gasteiger partial charge in [0.25, 0.3) is 5.92 Å². The Balaban J connectivity index is 1.98. The van der Waals surface area contributed by atoms with Gasteiger partial charge in [0.15, 0.2) is 5.78 Å². The van der Waals surface area contributed by atoms with Gasteiger partial charge in [-0.3, -0.25) is 9.78 Å². The van der Waals surface area contributed by atoms with Crippen LogP contribution in [-0.4, -0.2) is 23.3 Å². The number of halogens is 4. The second kappa shape index (κ2) is 7.52. The molecule has 0 unspecified atom stereocenters. The molecule has 0 fully saturated rings. The Hall–Kier alpha value is -2.61. The van der Waals surface area contributed by atoms with E-state index >= 15 is 0 Å². The minimum absolute atomic E-state index is 0.0382. The lowest BCUT2D eigenvalue weighted by molar-refractivity contribution is 0.0138. The average molecular weight is 372 g/mol. The highest BCUT2D eigenvalue weighted by atomic mass is 35.5. The Labute approximate surface area is 146 Å². The van der Waals surface area contributed by atoms with Gasteiger partial charge in [0, 0.05) is 23.8 Å². The third-order valence-corrected chi connectivity index (χ3v) is 3.35. The van der Waals surface area contributed by atoms with Gasteiger partial charge in [-0.15, -0.1) is 0 Å². The molecule has 132 valence electrons. The second-order valence-electron chi connectivity index (χ2n) is 5.17. The van der Waals surface area contributed by atoms with Crippen LogP contribution in [0.5, 0.6) is 0 Å². The molecule has 2 amide bonds. The molecule has 9 heteroatoms. The zero-order chi connectivity index (χ0) is 18.6. The fraction of sp³-hybridized carbons (Fsp3) is 0.188. The predicted molar refractivity (Wildman–Crippen MR) is 86.6 cm³/mol. The lowest BCUT2D eigenvalue weighted by atomic mass is 10.1. The van der Waals surface area contributed by atoms with Crippen molar-refractivity contribution < 1.29 is 22.8 Å². The molecule has 0 saturated carbocycles. The number of ketones is 1. The number of pyridine rings is 1. The van der Waals surface area contributed by atoms with Crippen LogP contribution in [0, 0.1) is 5.82 Å². The van der Waals surface area contributed by atoms with Crippen LogP contribution in [0.15, 0.2) is 36.5 Å². The van der Waals surface area contributed by atoms with Crippen molar-refractivity contribution in [1.29, 1.82) is 0 Å². The number of aromatic nitrogens is 1. The SMILES string of the molecule is CC(F)(F)c1cc(NC(=O)NCC(=O)c2cc(Cl)ccn2)ccc1F. The molecule has 2 aromatic rings. The largest absolute Gasteiger partial charge is 0.330 e. The summed E-state index contributed by atoms with van der Waals surface area (Å²) in [7, 11) is 0. The summed E-state index contributed by atoms with van der Waals surface area (Å²) in [5.74, 6) is -4.97. The zero-order valence-electron chi connectivity index (χ0n) is 12.9. The molecule has 0 radical (unpaired) electrons. The Morgan fingerprint density at radius 2 is 1.96 bits per heavy atom. The maximum Gasteiger partial charge on any atom is 0.319 e. The molecule has 5 nitrogen and oxygen atoms in total. The molecule has 0 aliphatic carbocycles. The van der Waals surface area contributed by atoms with Crippen LogP contribution < -0.4 is 10.6 Å². The van der Waals surface area contributed by atoms with Crippen molar-refractivity contribution >= 4 is 29.1 Å². The predicted octanol–water partition coefficient (Wildman–Crippen LogP) is 3.99. The maximum absolute atomic E-state index is 13.4. The van der Waals surface area contributed by atoms with E-state index in [0.717, 1.165) is 18.2 Å². The molecule has 1 heterocycles. The van der Waals surface area contributed by atoms with E-state index in [1.807, 2.05) is 0 Å². The van der Waals surface area contributed by atoms with Gasteiger partial charge in [-0.1, -0.05) is 11.6 Å². The lowest BCUT2D eigenvalue weighted by Crippen LogP contribution is -2.33. The molecule has 0 saturated heterocycles. The molecule has 0 aliphatic rings. The van der Waals surface area contributed by atoms with Crippen LogP contribution in [0.25, 0.3) is 0 Å². The number of nitrogens with one attached hydrogen (secondary N) is 2. The monoisotopic (exact) mass is 371 g/mol. The molecule has 0 spiro atoms. The van der Waals surface area contributed by atoms with Gasteiger partial charge in [-0.25, -0.2) is 18.0 Å². The van der Waals surface area contributed by atoms with Crippen LogP contribution in [0.4, 0.5) is 23.7 Å². The van der Waals surface area contributed by atoms with E-state index in [1.165, 1.54) is 18.3 Å². The van der Waals surface area contributed by atoms with E-state index in [0.29, 0.717) is 11.9 Å². The molecule has 0 atom stereocenters. The summed E-state index contributed by atoms with van der Waals surface area (Å²) in [6, 6.07) is 4.81. The van der Waals surface area contributed by atoms with E-state index in [-0.39, 0.29) is 17.9 Å². The Kier molecular flexibility index (Phi) is 5.63. The van der Waals surface area contributed by atoms with Gasteiger partial charge in [-0.05, 0) is 30.3 Å². The number of anilines is 1. The van der Waals surface area contributed by atoms with Crippen molar-refractivity contribution in [2.24, 2.45) is 0 Å². The van der Waals surface area contributed by atoms with E-state index in [2.05, 4.69) is 15.6 Å². The van der Waals surface area contributed by atoms with Gasteiger partial charge in [-0.2, -0.15) is 0 Å². The number of amides is 2.